The second-order valence-electron chi connectivity index (χ2n) is 7.20. The molecule has 30 heavy (non-hydrogen) atoms. The van der Waals surface area contributed by atoms with E-state index in [1.54, 1.807) is 13.3 Å². The second kappa shape index (κ2) is 8.82. The van der Waals surface area contributed by atoms with Crippen molar-refractivity contribution in [1.29, 1.82) is 0 Å². The predicted octanol–water partition coefficient (Wildman–Crippen LogP) is 4.95. The van der Waals surface area contributed by atoms with E-state index < -0.39 is 6.09 Å². The lowest BCUT2D eigenvalue weighted by Crippen LogP contribution is -2.26. The first-order valence-corrected chi connectivity index (χ1v) is 9.93. The van der Waals surface area contributed by atoms with Crippen LogP contribution in [-0.2, 0) is 4.74 Å². The monoisotopic (exact) mass is 400 g/mol. The highest BCUT2D eigenvalue weighted by Gasteiger charge is 2.28. The number of methoxy groups -OCH3 is 1. The molecule has 3 aromatic rings. The summed E-state index contributed by atoms with van der Waals surface area (Å²) >= 11 is 0. The molecule has 1 aliphatic carbocycles. The molecule has 1 amide bonds. The highest BCUT2D eigenvalue weighted by molar-refractivity contribution is 5.79. The summed E-state index contributed by atoms with van der Waals surface area (Å²) < 4.78 is 10.7. The fourth-order valence-corrected chi connectivity index (χ4v) is 3.88. The molecule has 0 bridgehead atoms. The smallest absolute Gasteiger partial charge is 0.407 e. The van der Waals surface area contributed by atoms with Gasteiger partial charge in [0.2, 0.25) is 5.88 Å². The Morgan fingerprint density at radius 2 is 1.77 bits per heavy atom. The molecule has 0 saturated heterocycles. The summed E-state index contributed by atoms with van der Waals surface area (Å²) in [5, 5.41) is 2.77. The Hall–Kier alpha value is -3.60. The summed E-state index contributed by atoms with van der Waals surface area (Å²) in [5.41, 5.74) is 6.75. The van der Waals surface area contributed by atoms with E-state index in [9.17, 15) is 4.79 Å². The van der Waals surface area contributed by atoms with Crippen molar-refractivity contribution in [3.05, 3.63) is 89.1 Å². The van der Waals surface area contributed by atoms with Gasteiger partial charge in [-0.25, -0.2) is 9.78 Å². The lowest BCUT2D eigenvalue weighted by molar-refractivity contribution is 0.144. The third-order valence-electron chi connectivity index (χ3n) is 5.26. The fraction of sp³-hybridized carbons (Fsp3) is 0.200. The number of aryl methyl sites for hydroxylation is 1. The SMILES string of the molecule is COc1ncc(C=CCNC(=O)OCC2c3ccccc3-c3ccccc32)cc1C. The highest BCUT2D eigenvalue weighted by atomic mass is 16.5. The normalized spacial score (nSPS) is 12.5. The molecule has 152 valence electrons. The van der Waals surface area contributed by atoms with Gasteiger partial charge >= 0.3 is 6.09 Å². The van der Waals surface area contributed by atoms with Crippen molar-refractivity contribution in [3.8, 4) is 17.0 Å². The number of carbonyl (C=O) groups is 1. The number of nitrogens with zero attached hydrogens (tertiary/aromatic N) is 1. The van der Waals surface area contributed by atoms with Crippen LogP contribution in [0.2, 0.25) is 0 Å². The number of hydrogen-bond acceptors (Lipinski definition) is 4. The van der Waals surface area contributed by atoms with Crippen LogP contribution in [0, 0.1) is 6.92 Å². The number of amides is 1. The van der Waals surface area contributed by atoms with Crippen LogP contribution in [0.3, 0.4) is 0 Å². The van der Waals surface area contributed by atoms with Gasteiger partial charge in [-0.1, -0.05) is 60.7 Å². The number of hydrogen-bond donors (Lipinski definition) is 1. The Morgan fingerprint density at radius 3 is 2.40 bits per heavy atom. The number of carbonyl (C=O) groups excluding carboxylic acids is 1. The van der Waals surface area contributed by atoms with Crippen molar-refractivity contribution in [3.63, 3.8) is 0 Å². The van der Waals surface area contributed by atoms with Crippen molar-refractivity contribution >= 4 is 12.2 Å². The molecule has 5 heteroatoms. The lowest BCUT2D eigenvalue weighted by atomic mass is 9.98. The summed E-state index contributed by atoms with van der Waals surface area (Å²) in [6, 6.07) is 18.6. The molecule has 0 unspecified atom stereocenters. The number of alkyl carbamates (subject to hydrolysis) is 1. The van der Waals surface area contributed by atoms with E-state index in [0.29, 0.717) is 19.0 Å². The average molecular weight is 400 g/mol. The minimum Gasteiger partial charge on any atom is -0.481 e. The number of aromatic nitrogens is 1. The van der Waals surface area contributed by atoms with Crippen LogP contribution in [0.25, 0.3) is 17.2 Å². The van der Waals surface area contributed by atoms with E-state index in [4.69, 9.17) is 9.47 Å². The Bertz CT molecular complexity index is 1050. The van der Waals surface area contributed by atoms with Gasteiger partial charge in [0.25, 0.3) is 0 Å². The Morgan fingerprint density at radius 1 is 1.10 bits per heavy atom. The maximum absolute atomic E-state index is 12.2. The molecule has 5 nitrogen and oxygen atoms in total. The number of ether oxygens (including phenoxy) is 2. The predicted molar refractivity (Wildman–Crippen MR) is 118 cm³/mol. The molecular formula is C25H24N2O3. The molecular weight excluding hydrogens is 376 g/mol. The van der Waals surface area contributed by atoms with Gasteiger partial charge in [-0.2, -0.15) is 0 Å². The van der Waals surface area contributed by atoms with Crippen molar-refractivity contribution in [1.82, 2.24) is 10.3 Å². The van der Waals surface area contributed by atoms with Gasteiger partial charge in [0.1, 0.15) is 6.61 Å². The van der Waals surface area contributed by atoms with Crippen LogP contribution in [0.5, 0.6) is 5.88 Å². The van der Waals surface area contributed by atoms with Gasteiger partial charge in [-0.05, 0) is 40.8 Å². The summed E-state index contributed by atoms with van der Waals surface area (Å²) in [5.74, 6) is 0.677. The molecule has 1 heterocycles. The van der Waals surface area contributed by atoms with E-state index >= 15 is 0 Å². The van der Waals surface area contributed by atoms with E-state index in [1.807, 2.05) is 49.4 Å². The van der Waals surface area contributed by atoms with Crippen LogP contribution in [0.1, 0.15) is 28.2 Å². The van der Waals surface area contributed by atoms with Crippen LogP contribution in [0.15, 0.2) is 66.9 Å². The maximum Gasteiger partial charge on any atom is 0.407 e. The summed E-state index contributed by atoms with van der Waals surface area (Å²) in [7, 11) is 1.60. The van der Waals surface area contributed by atoms with E-state index in [-0.39, 0.29) is 5.92 Å². The molecule has 0 fully saturated rings. The van der Waals surface area contributed by atoms with Crippen LogP contribution in [0.4, 0.5) is 4.79 Å². The average Bonchev–Trinajstić information content (AvgIpc) is 3.09. The minimum absolute atomic E-state index is 0.0621. The fourth-order valence-electron chi connectivity index (χ4n) is 3.88. The first-order valence-electron chi connectivity index (χ1n) is 9.93. The zero-order chi connectivity index (χ0) is 20.9. The third-order valence-corrected chi connectivity index (χ3v) is 5.26. The van der Waals surface area contributed by atoms with Gasteiger partial charge in [-0.15, -0.1) is 0 Å². The molecule has 1 N–H and O–H groups in total. The van der Waals surface area contributed by atoms with Gasteiger partial charge < -0.3 is 14.8 Å². The Labute approximate surface area is 176 Å². The number of pyridine rings is 1. The molecule has 0 radical (unpaired) electrons. The molecule has 1 aliphatic rings. The van der Waals surface area contributed by atoms with Gasteiger partial charge in [-0.3, -0.25) is 0 Å². The van der Waals surface area contributed by atoms with Crippen molar-refractivity contribution in [2.45, 2.75) is 12.8 Å². The second-order valence-corrected chi connectivity index (χ2v) is 7.20. The number of fused-ring (bicyclic) bond motifs is 3. The van der Waals surface area contributed by atoms with Gasteiger partial charge in [0.15, 0.2) is 0 Å². The zero-order valence-corrected chi connectivity index (χ0v) is 17.1. The Balaban J connectivity index is 1.32. The molecule has 0 saturated carbocycles. The third kappa shape index (κ3) is 4.06. The van der Waals surface area contributed by atoms with Gasteiger partial charge in [0, 0.05) is 24.2 Å². The molecule has 2 aromatic carbocycles. The number of rotatable bonds is 6. The standard InChI is InChI=1S/C25H24N2O3/c1-17-14-18(15-27-24(17)29-2)8-7-13-26-25(28)30-16-23-21-11-5-3-9-19(21)20-10-4-6-12-22(20)23/h3-12,14-15,23H,13,16H2,1-2H3,(H,26,28). The minimum atomic E-state index is -0.425. The van der Waals surface area contributed by atoms with E-state index in [1.165, 1.54) is 22.3 Å². The molecule has 1 aromatic heterocycles. The molecule has 4 rings (SSSR count). The highest BCUT2D eigenvalue weighted by Crippen LogP contribution is 2.44. The Kier molecular flexibility index (Phi) is 5.80. The van der Waals surface area contributed by atoms with E-state index in [0.717, 1.165) is 11.1 Å². The first kappa shape index (κ1) is 19.7. The molecule has 0 atom stereocenters. The van der Waals surface area contributed by atoms with Gasteiger partial charge in [0.05, 0.1) is 7.11 Å². The molecule has 0 spiro atoms. The quantitative estimate of drug-likeness (QED) is 0.636. The number of nitrogens with one attached hydrogen (secondary N) is 1. The lowest BCUT2D eigenvalue weighted by Gasteiger charge is -2.14. The summed E-state index contributed by atoms with van der Waals surface area (Å²) in [6.45, 7) is 2.63. The van der Waals surface area contributed by atoms with Crippen molar-refractivity contribution < 1.29 is 14.3 Å². The van der Waals surface area contributed by atoms with Crippen LogP contribution in [-0.4, -0.2) is 31.3 Å². The number of benzene rings is 2. The van der Waals surface area contributed by atoms with Crippen molar-refractivity contribution in [2.75, 3.05) is 20.3 Å². The summed E-state index contributed by atoms with van der Waals surface area (Å²) in [6.07, 6.45) is 5.08. The van der Waals surface area contributed by atoms with Crippen LogP contribution < -0.4 is 10.1 Å². The van der Waals surface area contributed by atoms with E-state index in [2.05, 4.69) is 34.6 Å². The first-order chi connectivity index (χ1) is 14.7. The maximum atomic E-state index is 12.2. The largest absolute Gasteiger partial charge is 0.481 e. The molecule has 0 aliphatic heterocycles. The zero-order valence-electron chi connectivity index (χ0n) is 17.1. The topological polar surface area (TPSA) is 60.5 Å². The summed E-state index contributed by atoms with van der Waals surface area (Å²) in [4.78, 5) is 16.4. The van der Waals surface area contributed by atoms with Crippen LogP contribution >= 0.6 is 0 Å². The van der Waals surface area contributed by atoms with Crippen molar-refractivity contribution in [2.24, 2.45) is 0 Å².